The molecule has 0 bridgehead atoms. The maximum atomic E-state index is 12.8. The van der Waals surface area contributed by atoms with Crippen LogP contribution in [0, 0.1) is 10.1 Å². The fourth-order valence-electron chi connectivity index (χ4n) is 3.98. The van der Waals surface area contributed by atoms with Gasteiger partial charge in [0, 0.05) is 51.0 Å². The molecule has 26 heavy (non-hydrogen) atoms. The molecular formula is C17H21N5O4. The van der Waals surface area contributed by atoms with Gasteiger partial charge in [-0.2, -0.15) is 0 Å². The lowest BCUT2D eigenvalue weighted by molar-refractivity contribution is -0.385. The number of hydrogen-bond acceptors (Lipinski definition) is 5. The molecule has 3 amide bonds. The summed E-state index contributed by atoms with van der Waals surface area (Å²) < 4.78 is 0. The predicted octanol–water partition coefficient (Wildman–Crippen LogP) is 1.04. The third-order valence-electron chi connectivity index (χ3n) is 5.40. The molecule has 1 N–H and O–H groups in total. The molecular weight excluding hydrogens is 338 g/mol. The molecule has 1 atom stereocenters. The quantitative estimate of drug-likeness (QED) is 0.642. The minimum absolute atomic E-state index is 0.0387. The first-order valence-corrected chi connectivity index (χ1v) is 8.92. The molecule has 3 aliphatic heterocycles. The van der Waals surface area contributed by atoms with Crippen LogP contribution in [-0.2, 0) is 0 Å². The van der Waals surface area contributed by atoms with Crippen LogP contribution in [0.4, 0.5) is 16.2 Å². The van der Waals surface area contributed by atoms with Gasteiger partial charge in [0.05, 0.1) is 11.0 Å². The Kier molecular flexibility index (Phi) is 4.14. The zero-order valence-corrected chi connectivity index (χ0v) is 14.4. The molecule has 3 saturated heterocycles. The topological polar surface area (TPSA) is 99.0 Å². The van der Waals surface area contributed by atoms with Crippen LogP contribution >= 0.6 is 0 Å². The molecule has 1 aromatic rings. The van der Waals surface area contributed by atoms with Crippen LogP contribution in [0.15, 0.2) is 18.2 Å². The molecule has 3 heterocycles. The van der Waals surface area contributed by atoms with Crippen molar-refractivity contribution in [3.63, 3.8) is 0 Å². The molecule has 3 fully saturated rings. The molecule has 138 valence electrons. The Bertz CT molecular complexity index is 762. The van der Waals surface area contributed by atoms with Gasteiger partial charge in [0.1, 0.15) is 5.56 Å². The Morgan fingerprint density at radius 1 is 1.19 bits per heavy atom. The highest BCUT2D eigenvalue weighted by Crippen LogP contribution is 2.29. The van der Waals surface area contributed by atoms with Crippen LogP contribution in [0.3, 0.4) is 0 Å². The normalized spacial score (nSPS) is 22.4. The molecule has 0 unspecified atom stereocenters. The van der Waals surface area contributed by atoms with E-state index in [1.807, 2.05) is 4.90 Å². The summed E-state index contributed by atoms with van der Waals surface area (Å²) in [4.78, 5) is 41.0. The predicted molar refractivity (Wildman–Crippen MR) is 94.3 cm³/mol. The zero-order chi connectivity index (χ0) is 18.3. The van der Waals surface area contributed by atoms with E-state index in [9.17, 15) is 19.7 Å². The molecule has 0 aromatic heterocycles. The number of hydrogen-bond donors (Lipinski definition) is 1. The number of urea groups is 1. The number of benzene rings is 1. The van der Waals surface area contributed by atoms with E-state index in [2.05, 4.69) is 10.2 Å². The molecule has 4 rings (SSSR count). The number of rotatable bonds is 3. The minimum atomic E-state index is -0.495. The number of likely N-dealkylation sites (tertiary alicyclic amines) is 1. The van der Waals surface area contributed by atoms with E-state index in [-0.39, 0.29) is 29.2 Å². The van der Waals surface area contributed by atoms with Crippen LogP contribution in [0.25, 0.3) is 0 Å². The number of nitrogens with one attached hydrogen (secondary N) is 1. The van der Waals surface area contributed by atoms with Gasteiger partial charge in [-0.15, -0.1) is 0 Å². The maximum absolute atomic E-state index is 12.8. The van der Waals surface area contributed by atoms with E-state index < -0.39 is 4.92 Å². The third kappa shape index (κ3) is 2.83. The fraction of sp³-hybridized carbons (Fsp3) is 0.529. The molecule has 0 spiro atoms. The molecule has 0 saturated carbocycles. The summed E-state index contributed by atoms with van der Waals surface area (Å²) in [5.41, 5.74) is 0.789. The molecule has 1 aromatic carbocycles. The van der Waals surface area contributed by atoms with Gasteiger partial charge in [-0.1, -0.05) is 0 Å². The SMILES string of the molecule is O=C(c1cc(N2CCN3C(=O)NC[C@H]3C2)ccc1[N+](=O)[O-])N1CCCC1. The van der Waals surface area contributed by atoms with Crippen molar-refractivity contribution < 1.29 is 14.5 Å². The highest BCUT2D eigenvalue weighted by molar-refractivity contribution is 5.99. The van der Waals surface area contributed by atoms with Crippen LogP contribution < -0.4 is 10.2 Å². The van der Waals surface area contributed by atoms with E-state index >= 15 is 0 Å². The van der Waals surface area contributed by atoms with E-state index in [0.717, 1.165) is 18.5 Å². The first-order valence-electron chi connectivity index (χ1n) is 8.92. The average molecular weight is 359 g/mol. The standard InChI is InChI=1S/C17H21N5O4/c23-16(19-5-1-2-6-19)14-9-12(3-4-15(14)22(25)26)20-7-8-21-13(11-20)10-18-17(21)24/h3-4,9,13H,1-2,5-8,10-11H2,(H,18,24)/t13-/m0/s1. The van der Waals surface area contributed by atoms with Crippen molar-refractivity contribution in [2.45, 2.75) is 18.9 Å². The van der Waals surface area contributed by atoms with Crippen molar-refractivity contribution >= 4 is 23.3 Å². The zero-order valence-electron chi connectivity index (χ0n) is 14.4. The number of fused-ring (bicyclic) bond motifs is 1. The molecule has 3 aliphatic rings. The van der Waals surface area contributed by atoms with E-state index in [1.165, 1.54) is 6.07 Å². The summed E-state index contributed by atoms with van der Waals surface area (Å²) in [5, 5.41) is 14.2. The number of nitrogens with zero attached hydrogens (tertiary/aromatic N) is 4. The van der Waals surface area contributed by atoms with Gasteiger partial charge in [-0.25, -0.2) is 4.79 Å². The van der Waals surface area contributed by atoms with Gasteiger partial charge in [0.2, 0.25) is 0 Å². The van der Waals surface area contributed by atoms with Crippen molar-refractivity contribution in [3.05, 3.63) is 33.9 Å². The van der Waals surface area contributed by atoms with Gasteiger partial charge in [-0.3, -0.25) is 14.9 Å². The van der Waals surface area contributed by atoms with Crippen LogP contribution in [0.1, 0.15) is 23.2 Å². The van der Waals surface area contributed by atoms with Crippen molar-refractivity contribution in [2.24, 2.45) is 0 Å². The van der Waals surface area contributed by atoms with E-state index in [0.29, 0.717) is 39.3 Å². The summed E-state index contributed by atoms with van der Waals surface area (Å²) in [6, 6.07) is 4.80. The van der Waals surface area contributed by atoms with Crippen LogP contribution in [-0.4, -0.2) is 72.0 Å². The van der Waals surface area contributed by atoms with Gasteiger partial charge in [0.15, 0.2) is 0 Å². The first kappa shape index (κ1) is 16.6. The van der Waals surface area contributed by atoms with E-state index in [1.54, 1.807) is 17.0 Å². The van der Waals surface area contributed by atoms with Crippen LogP contribution in [0.2, 0.25) is 0 Å². The highest BCUT2D eigenvalue weighted by Gasteiger charge is 2.36. The Balaban J connectivity index is 1.61. The lowest BCUT2D eigenvalue weighted by Crippen LogP contribution is -2.52. The average Bonchev–Trinajstić information content (AvgIpc) is 3.30. The number of anilines is 1. The molecule has 0 aliphatic carbocycles. The number of carbonyl (C=O) groups excluding carboxylic acids is 2. The Morgan fingerprint density at radius 3 is 2.69 bits per heavy atom. The van der Waals surface area contributed by atoms with Crippen molar-refractivity contribution in [1.82, 2.24) is 15.1 Å². The second kappa shape index (κ2) is 6.47. The summed E-state index contributed by atoms with van der Waals surface area (Å²) in [6.45, 7) is 3.78. The van der Waals surface area contributed by atoms with E-state index in [4.69, 9.17) is 0 Å². The largest absolute Gasteiger partial charge is 0.368 e. The van der Waals surface area contributed by atoms with Gasteiger partial charge in [-0.05, 0) is 25.0 Å². The smallest absolute Gasteiger partial charge is 0.317 e. The van der Waals surface area contributed by atoms with Gasteiger partial charge < -0.3 is 20.0 Å². The van der Waals surface area contributed by atoms with Crippen molar-refractivity contribution in [2.75, 3.05) is 44.2 Å². The Morgan fingerprint density at radius 2 is 1.96 bits per heavy atom. The lowest BCUT2D eigenvalue weighted by Gasteiger charge is -2.37. The number of amides is 3. The second-order valence-corrected chi connectivity index (χ2v) is 6.94. The number of nitro benzene ring substituents is 1. The van der Waals surface area contributed by atoms with Gasteiger partial charge >= 0.3 is 6.03 Å². The van der Waals surface area contributed by atoms with Crippen molar-refractivity contribution in [1.29, 1.82) is 0 Å². The summed E-state index contributed by atoms with van der Waals surface area (Å²) >= 11 is 0. The number of nitro groups is 1. The number of carbonyl (C=O) groups is 2. The maximum Gasteiger partial charge on any atom is 0.317 e. The highest BCUT2D eigenvalue weighted by atomic mass is 16.6. The summed E-state index contributed by atoms with van der Waals surface area (Å²) in [5.74, 6) is -0.271. The van der Waals surface area contributed by atoms with Crippen LogP contribution in [0.5, 0.6) is 0 Å². The minimum Gasteiger partial charge on any atom is -0.368 e. The first-order chi connectivity index (χ1) is 12.5. The summed E-state index contributed by atoms with van der Waals surface area (Å²) in [6.07, 6.45) is 1.87. The lowest BCUT2D eigenvalue weighted by atomic mass is 10.1. The molecule has 9 nitrogen and oxygen atoms in total. The van der Waals surface area contributed by atoms with Gasteiger partial charge in [0.25, 0.3) is 11.6 Å². The molecule has 9 heteroatoms. The van der Waals surface area contributed by atoms with Crippen molar-refractivity contribution in [3.8, 4) is 0 Å². The number of piperazine rings is 1. The molecule has 0 radical (unpaired) electrons. The monoisotopic (exact) mass is 359 g/mol. The Hall–Kier alpha value is -2.84. The second-order valence-electron chi connectivity index (χ2n) is 6.94. The Labute approximate surface area is 150 Å². The fourth-order valence-corrected chi connectivity index (χ4v) is 3.98. The summed E-state index contributed by atoms with van der Waals surface area (Å²) in [7, 11) is 0. The third-order valence-corrected chi connectivity index (χ3v) is 5.40.